The van der Waals surface area contributed by atoms with Crippen LogP contribution in [0.4, 0.5) is 20.2 Å². The van der Waals surface area contributed by atoms with Crippen LogP contribution in [0.2, 0.25) is 0 Å². The van der Waals surface area contributed by atoms with Crippen LogP contribution in [0.5, 0.6) is 0 Å². The number of benzene rings is 5. The van der Waals surface area contributed by atoms with E-state index >= 15 is 0 Å². The maximum absolute atomic E-state index is 13.1. The molecule has 5 aromatic carbocycles. The van der Waals surface area contributed by atoms with E-state index in [0.717, 1.165) is 96.7 Å². The Bertz CT molecular complexity index is 2060. The van der Waals surface area contributed by atoms with Crippen molar-refractivity contribution in [1.29, 1.82) is 0 Å². The molecule has 0 aromatic heterocycles. The molecule has 0 amide bonds. The molecule has 6 fully saturated rings. The Labute approximate surface area is 383 Å². The Kier molecular flexibility index (Phi) is 15.3. The first-order chi connectivity index (χ1) is 31.9. The van der Waals surface area contributed by atoms with Crippen molar-refractivity contribution >= 4 is 17.2 Å². The van der Waals surface area contributed by atoms with Crippen molar-refractivity contribution in [2.24, 2.45) is 35.5 Å². The van der Waals surface area contributed by atoms with Gasteiger partial charge in [0.15, 0.2) is 0 Å². The van der Waals surface area contributed by atoms with Crippen LogP contribution in [0.15, 0.2) is 140 Å². The summed E-state index contributed by atoms with van der Waals surface area (Å²) in [6, 6.07) is 45.9. The highest BCUT2D eigenvalue weighted by atomic mass is 19.1. The van der Waals surface area contributed by atoms with Gasteiger partial charge in [-0.2, -0.15) is 0 Å². The molecule has 6 heterocycles. The lowest BCUT2D eigenvalue weighted by Crippen LogP contribution is -2.57. The molecule has 6 aliphatic heterocycles. The van der Waals surface area contributed by atoms with Gasteiger partial charge < -0.3 is 24.8 Å². The number of anilines is 2. The fraction of sp³-hybridized carbons (Fsp3) is 0.426. The van der Waals surface area contributed by atoms with E-state index in [9.17, 15) is 13.6 Å². The molecule has 0 aliphatic carbocycles. The Morgan fingerprint density at radius 2 is 0.723 bits per heavy atom. The molecule has 0 radical (unpaired) electrons. The predicted molar refractivity (Wildman–Crippen MR) is 251 cm³/mol. The van der Waals surface area contributed by atoms with E-state index in [-0.39, 0.29) is 23.5 Å². The molecular formula is C54H63F2N5O4. The summed E-state index contributed by atoms with van der Waals surface area (Å²) in [5.74, 6) is 2.09. The van der Waals surface area contributed by atoms with Crippen molar-refractivity contribution in [3.8, 4) is 0 Å². The first-order valence-electron chi connectivity index (χ1n) is 23.5. The highest BCUT2D eigenvalue weighted by Gasteiger charge is 2.42. The van der Waals surface area contributed by atoms with Crippen molar-refractivity contribution < 1.29 is 27.8 Å². The van der Waals surface area contributed by atoms with Gasteiger partial charge in [0.05, 0.1) is 51.5 Å². The number of fused-ring (bicyclic) bond motifs is 6. The van der Waals surface area contributed by atoms with Crippen molar-refractivity contribution in [3.63, 3.8) is 0 Å². The fourth-order valence-corrected chi connectivity index (χ4v) is 10.8. The normalized spacial score (nSPS) is 27.6. The number of nitrogens with zero attached hydrogens (tertiary/aromatic N) is 3. The molecule has 11 heteroatoms. The monoisotopic (exact) mass is 883 g/mol. The zero-order chi connectivity index (χ0) is 44.4. The molecule has 6 aliphatic rings. The molecule has 11 rings (SSSR count). The van der Waals surface area contributed by atoms with Crippen LogP contribution >= 0.6 is 0 Å². The second-order valence-electron chi connectivity index (χ2n) is 18.8. The van der Waals surface area contributed by atoms with E-state index < -0.39 is 0 Å². The minimum atomic E-state index is -0.193. The molecule has 0 spiro atoms. The fourth-order valence-electron chi connectivity index (χ4n) is 10.8. The lowest BCUT2D eigenvalue weighted by molar-refractivity contribution is -0.145. The van der Waals surface area contributed by atoms with Crippen LogP contribution < -0.4 is 10.6 Å². The Balaban J connectivity index is 0.000000125. The highest BCUT2D eigenvalue weighted by Crippen LogP contribution is 2.33. The van der Waals surface area contributed by atoms with Gasteiger partial charge in [0.1, 0.15) is 17.4 Å². The molecule has 8 atom stereocenters. The largest absolute Gasteiger partial charge is 0.381 e. The molecule has 2 N–H and O–H groups in total. The van der Waals surface area contributed by atoms with Gasteiger partial charge in [-0.1, -0.05) is 91.0 Å². The number of piperidine rings is 3. The quantitative estimate of drug-likeness (QED) is 0.145. The van der Waals surface area contributed by atoms with Crippen LogP contribution in [-0.4, -0.2) is 111 Å². The number of hydrogen-bond donors (Lipinski definition) is 2. The van der Waals surface area contributed by atoms with Gasteiger partial charge >= 0.3 is 0 Å². The van der Waals surface area contributed by atoms with Crippen molar-refractivity contribution in [3.05, 3.63) is 168 Å². The van der Waals surface area contributed by atoms with E-state index in [0.29, 0.717) is 54.8 Å². The van der Waals surface area contributed by atoms with E-state index in [1.54, 1.807) is 0 Å². The van der Waals surface area contributed by atoms with Crippen LogP contribution in [0.1, 0.15) is 16.7 Å². The molecule has 65 heavy (non-hydrogen) atoms. The van der Waals surface area contributed by atoms with Crippen molar-refractivity contribution in [1.82, 2.24) is 14.7 Å². The minimum absolute atomic E-state index is 0.103. The van der Waals surface area contributed by atoms with Crippen LogP contribution in [0, 0.1) is 47.1 Å². The third-order valence-corrected chi connectivity index (χ3v) is 13.8. The maximum atomic E-state index is 13.1. The predicted octanol–water partition coefficient (Wildman–Crippen LogP) is 8.10. The zero-order valence-electron chi connectivity index (χ0n) is 37.2. The topological polar surface area (TPSA) is 78.5 Å². The molecule has 342 valence electrons. The smallest absolute Gasteiger partial charge is 0.146 e. The Morgan fingerprint density at radius 1 is 0.415 bits per heavy atom. The molecule has 0 saturated carbocycles. The first-order valence-corrected chi connectivity index (χ1v) is 23.5. The average molecular weight is 884 g/mol. The average Bonchev–Trinajstić information content (AvgIpc) is 3.30. The summed E-state index contributed by atoms with van der Waals surface area (Å²) < 4.78 is 43.2. The zero-order valence-corrected chi connectivity index (χ0v) is 37.2. The number of rotatable bonds is 10. The molecular weight excluding hydrogens is 821 g/mol. The van der Waals surface area contributed by atoms with Gasteiger partial charge in [0, 0.05) is 106 Å². The summed E-state index contributed by atoms with van der Waals surface area (Å²) in [7, 11) is 0. The van der Waals surface area contributed by atoms with E-state index in [2.05, 4.69) is 110 Å². The second-order valence-corrected chi connectivity index (χ2v) is 18.8. The van der Waals surface area contributed by atoms with E-state index in [4.69, 9.17) is 14.2 Å². The maximum Gasteiger partial charge on any atom is 0.146 e. The Hall–Kier alpha value is -5.01. The summed E-state index contributed by atoms with van der Waals surface area (Å²) in [5.41, 5.74) is 6.04. The number of likely N-dealkylation sites (tertiary alicyclic amines) is 3. The van der Waals surface area contributed by atoms with Crippen LogP contribution in [-0.2, 0) is 38.6 Å². The van der Waals surface area contributed by atoms with Gasteiger partial charge in [-0.25, -0.2) is 8.78 Å². The number of halogens is 2. The number of carbonyl (C=O) groups excluding carboxylic acids is 1. The summed E-state index contributed by atoms with van der Waals surface area (Å²) in [4.78, 5) is 19.4. The molecule has 4 unspecified atom stereocenters. The molecule has 9 nitrogen and oxygen atoms in total. The summed E-state index contributed by atoms with van der Waals surface area (Å²) in [5, 5.41) is 7.24. The molecule has 6 bridgehead atoms. The summed E-state index contributed by atoms with van der Waals surface area (Å²) in [6.45, 7) is 13.2. The standard InChI is InChI=1S/2C20H23FN2O.C14H17NO2/c2*21-18-6-8-19(9-7-18)22-20-16-11-23(12-17(20)14-24-13-16)10-15-4-2-1-3-5-15;16-14-12-7-15(8-13(14)10-17-9-12)6-11-4-2-1-3-5-11/h2*1-9,16-17,20,22H,10-14H2;1-5,12-13H,6-10H2/t2*16-,17+,20?;. The van der Waals surface area contributed by atoms with Gasteiger partial charge in [0.2, 0.25) is 0 Å². The van der Waals surface area contributed by atoms with Crippen LogP contribution in [0.3, 0.4) is 0 Å². The lowest BCUT2D eigenvalue weighted by Gasteiger charge is -2.47. The second kappa shape index (κ2) is 22.0. The number of nitrogens with one attached hydrogen (secondary N) is 2. The Morgan fingerprint density at radius 3 is 1.06 bits per heavy atom. The number of ketones is 1. The first kappa shape index (κ1) is 45.2. The number of Topliss-reactive ketones (excluding diaryl/α,β-unsaturated/α-hetero) is 1. The summed E-state index contributed by atoms with van der Waals surface area (Å²) in [6.07, 6.45) is 0. The van der Waals surface area contributed by atoms with E-state index in [1.165, 1.54) is 41.0 Å². The van der Waals surface area contributed by atoms with Gasteiger partial charge in [-0.3, -0.25) is 19.5 Å². The van der Waals surface area contributed by atoms with Crippen LogP contribution in [0.25, 0.3) is 0 Å². The SMILES string of the molecule is Fc1ccc(NC2[C@@H]3COC[C@H]2CN(Cc2ccccc2)C3)cc1.Fc1ccc(NC2[C@@H]3COC[C@H]2CN(Cc2ccccc2)C3)cc1.O=C1C2COCC1CN(Cc1ccccc1)C2. The third-order valence-electron chi connectivity index (χ3n) is 13.8. The minimum Gasteiger partial charge on any atom is -0.381 e. The van der Waals surface area contributed by atoms with Gasteiger partial charge in [0.25, 0.3) is 0 Å². The van der Waals surface area contributed by atoms with Gasteiger partial charge in [-0.15, -0.1) is 0 Å². The molecule has 6 saturated heterocycles. The number of ether oxygens (including phenoxy) is 3. The van der Waals surface area contributed by atoms with Crippen molar-refractivity contribution in [2.45, 2.75) is 31.7 Å². The number of hydrogen-bond acceptors (Lipinski definition) is 9. The number of carbonyl (C=O) groups is 1. The van der Waals surface area contributed by atoms with Crippen molar-refractivity contribution in [2.75, 3.05) is 89.5 Å². The molecule has 5 aromatic rings. The summed E-state index contributed by atoms with van der Waals surface area (Å²) >= 11 is 0. The van der Waals surface area contributed by atoms with E-state index in [1.807, 2.05) is 30.3 Å². The highest BCUT2D eigenvalue weighted by molar-refractivity contribution is 5.85. The van der Waals surface area contributed by atoms with Gasteiger partial charge in [-0.05, 0) is 65.2 Å². The lowest BCUT2D eigenvalue weighted by atomic mass is 9.82. The third kappa shape index (κ3) is 12.3.